The van der Waals surface area contributed by atoms with E-state index in [9.17, 15) is 14.4 Å². The van der Waals surface area contributed by atoms with Gasteiger partial charge >= 0.3 is 0 Å². The van der Waals surface area contributed by atoms with Crippen LogP contribution in [0.1, 0.15) is 23.9 Å². The standard InChI is InChI=1S/C17H23N5O3/c1-4-22-12(3)13(11(2)19-22)9-18-14-15(17(25)16(14)24)21-7-5-20(10-23)6-8-21/h10,18H,4-9H2,1-3H3. The summed E-state index contributed by atoms with van der Waals surface area (Å²) in [5, 5.41) is 7.61. The van der Waals surface area contributed by atoms with Crippen LogP contribution in [0.2, 0.25) is 0 Å². The molecular weight excluding hydrogens is 322 g/mol. The highest BCUT2D eigenvalue weighted by atomic mass is 16.2. The molecule has 1 aliphatic rings. The second kappa shape index (κ2) is 6.70. The molecule has 0 spiro atoms. The molecule has 1 N–H and O–H groups in total. The van der Waals surface area contributed by atoms with Gasteiger partial charge in [-0.2, -0.15) is 5.10 Å². The Bertz CT molecular complexity index is 855. The van der Waals surface area contributed by atoms with Crippen LogP contribution in [0.15, 0.2) is 9.59 Å². The molecule has 0 atom stereocenters. The highest BCUT2D eigenvalue weighted by molar-refractivity contribution is 5.75. The lowest BCUT2D eigenvalue weighted by Crippen LogP contribution is -2.51. The molecule has 8 nitrogen and oxygen atoms in total. The van der Waals surface area contributed by atoms with Crippen molar-refractivity contribution in [3.05, 3.63) is 37.4 Å². The number of rotatable bonds is 6. The molecule has 8 heteroatoms. The monoisotopic (exact) mass is 345 g/mol. The molecule has 0 bridgehead atoms. The highest BCUT2D eigenvalue weighted by Crippen LogP contribution is 2.23. The number of aromatic nitrogens is 2. The van der Waals surface area contributed by atoms with Gasteiger partial charge in [0, 0.05) is 50.5 Å². The normalized spacial score (nSPS) is 15.0. The van der Waals surface area contributed by atoms with Gasteiger partial charge in [-0.3, -0.25) is 19.1 Å². The molecule has 0 aliphatic carbocycles. The smallest absolute Gasteiger partial charge is 0.253 e. The third-order valence-corrected chi connectivity index (χ3v) is 4.94. The summed E-state index contributed by atoms with van der Waals surface area (Å²) in [6.45, 7) is 9.47. The third-order valence-electron chi connectivity index (χ3n) is 4.94. The fourth-order valence-corrected chi connectivity index (χ4v) is 3.37. The fraction of sp³-hybridized carbons (Fsp3) is 0.529. The van der Waals surface area contributed by atoms with Crippen molar-refractivity contribution in [3.8, 4) is 0 Å². The number of hydrogen-bond donors (Lipinski definition) is 1. The van der Waals surface area contributed by atoms with Crippen LogP contribution < -0.4 is 21.1 Å². The lowest BCUT2D eigenvalue weighted by atomic mass is 10.1. The first kappa shape index (κ1) is 17.2. The van der Waals surface area contributed by atoms with Crippen LogP contribution in [-0.2, 0) is 17.9 Å². The number of hydrogen-bond acceptors (Lipinski definition) is 6. The third kappa shape index (κ3) is 2.92. The summed E-state index contributed by atoms with van der Waals surface area (Å²) in [6, 6.07) is 0. The minimum atomic E-state index is -0.467. The number of aryl methyl sites for hydroxylation is 2. The Morgan fingerprint density at radius 2 is 1.80 bits per heavy atom. The Balaban J connectivity index is 1.76. The quantitative estimate of drug-likeness (QED) is 0.586. The average Bonchev–Trinajstić information content (AvgIpc) is 2.91. The van der Waals surface area contributed by atoms with Gasteiger partial charge in [0.05, 0.1) is 5.69 Å². The van der Waals surface area contributed by atoms with Crippen LogP contribution in [0.4, 0.5) is 11.4 Å². The molecule has 1 aromatic carbocycles. The number of anilines is 2. The van der Waals surface area contributed by atoms with Gasteiger partial charge in [-0.25, -0.2) is 0 Å². The molecule has 134 valence electrons. The van der Waals surface area contributed by atoms with E-state index >= 15 is 0 Å². The van der Waals surface area contributed by atoms with Gasteiger partial charge in [-0.15, -0.1) is 0 Å². The minimum Gasteiger partial charge on any atom is -0.376 e. The van der Waals surface area contributed by atoms with Gasteiger partial charge in [0.1, 0.15) is 11.4 Å². The maximum atomic E-state index is 12.0. The van der Waals surface area contributed by atoms with Crippen LogP contribution in [0, 0.1) is 13.8 Å². The summed E-state index contributed by atoms with van der Waals surface area (Å²) >= 11 is 0. The van der Waals surface area contributed by atoms with Crippen molar-refractivity contribution >= 4 is 17.8 Å². The second-order valence-electron chi connectivity index (χ2n) is 6.33. The first-order valence-electron chi connectivity index (χ1n) is 8.52. The Kier molecular flexibility index (Phi) is 4.61. The van der Waals surface area contributed by atoms with E-state index in [0.717, 1.165) is 29.9 Å². The van der Waals surface area contributed by atoms with E-state index < -0.39 is 10.9 Å². The van der Waals surface area contributed by atoms with Gasteiger partial charge < -0.3 is 15.1 Å². The fourth-order valence-electron chi connectivity index (χ4n) is 3.37. The molecule has 1 amide bonds. The summed E-state index contributed by atoms with van der Waals surface area (Å²) in [5.41, 5.74) is 2.96. The summed E-state index contributed by atoms with van der Waals surface area (Å²) in [6.07, 6.45) is 0.815. The van der Waals surface area contributed by atoms with Crippen molar-refractivity contribution in [1.29, 1.82) is 0 Å². The zero-order valence-electron chi connectivity index (χ0n) is 14.8. The van der Waals surface area contributed by atoms with Crippen molar-refractivity contribution in [2.75, 3.05) is 36.4 Å². The van der Waals surface area contributed by atoms with Gasteiger partial charge in [0.15, 0.2) is 0 Å². The number of nitrogens with zero attached hydrogens (tertiary/aromatic N) is 4. The van der Waals surface area contributed by atoms with Crippen LogP contribution in [0.5, 0.6) is 0 Å². The molecule has 1 fully saturated rings. The number of carbonyl (C=O) groups is 1. The summed E-state index contributed by atoms with van der Waals surface area (Å²) < 4.78 is 1.92. The Hall–Kier alpha value is -2.64. The van der Waals surface area contributed by atoms with Crippen LogP contribution >= 0.6 is 0 Å². The van der Waals surface area contributed by atoms with Gasteiger partial charge in [0.25, 0.3) is 10.9 Å². The van der Waals surface area contributed by atoms with E-state index in [-0.39, 0.29) is 0 Å². The first-order chi connectivity index (χ1) is 12.0. The molecule has 3 rings (SSSR count). The van der Waals surface area contributed by atoms with Crippen molar-refractivity contribution < 1.29 is 4.79 Å². The van der Waals surface area contributed by atoms with Gasteiger partial charge in [0.2, 0.25) is 6.41 Å². The van der Waals surface area contributed by atoms with E-state index in [0.29, 0.717) is 44.1 Å². The van der Waals surface area contributed by atoms with Gasteiger partial charge in [-0.1, -0.05) is 0 Å². The van der Waals surface area contributed by atoms with Crippen LogP contribution in [-0.4, -0.2) is 47.3 Å². The predicted octanol–water partition coefficient (Wildman–Crippen LogP) is 0.00634. The van der Waals surface area contributed by atoms with Crippen molar-refractivity contribution in [2.45, 2.75) is 33.9 Å². The minimum absolute atomic E-state index is 0.382. The lowest BCUT2D eigenvalue weighted by Gasteiger charge is -2.35. The topological polar surface area (TPSA) is 87.5 Å². The first-order valence-corrected chi connectivity index (χ1v) is 8.52. The molecule has 1 aliphatic heterocycles. The maximum Gasteiger partial charge on any atom is 0.253 e. The molecule has 0 saturated carbocycles. The van der Waals surface area contributed by atoms with E-state index in [1.54, 1.807) is 4.90 Å². The van der Waals surface area contributed by atoms with Crippen molar-refractivity contribution in [2.24, 2.45) is 0 Å². The molecule has 1 saturated heterocycles. The zero-order chi connectivity index (χ0) is 18.1. The van der Waals surface area contributed by atoms with Crippen LogP contribution in [0.3, 0.4) is 0 Å². The summed E-state index contributed by atoms with van der Waals surface area (Å²) in [5.74, 6) is 0. The molecule has 25 heavy (non-hydrogen) atoms. The average molecular weight is 345 g/mol. The Morgan fingerprint density at radius 1 is 1.12 bits per heavy atom. The summed E-state index contributed by atoms with van der Waals surface area (Å²) in [7, 11) is 0. The van der Waals surface area contributed by atoms with E-state index in [2.05, 4.69) is 10.4 Å². The predicted molar refractivity (Wildman–Crippen MR) is 95.9 cm³/mol. The molecule has 2 aromatic rings. The highest BCUT2D eigenvalue weighted by Gasteiger charge is 2.28. The van der Waals surface area contributed by atoms with E-state index in [4.69, 9.17) is 0 Å². The SMILES string of the molecule is CCn1nc(C)c(CNc2c(N3CCN(C=O)CC3)c(=O)c2=O)c1C. The van der Waals surface area contributed by atoms with Gasteiger partial charge in [-0.05, 0) is 20.8 Å². The lowest BCUT2D eigenvalue weighted by molar-refractivity contribution is -0.118. The number of amides is 1. The molecule has 0 radical (unpaired) electrons. The van der Waals surface area contributed by atoms with Crippen LogP contribution in [0.25, 0.3) is 0 Å². The molecule has 2 heterocycles. The largest absolute Gasteiger partial charge is 0.376 e. The van der Waals surface area contributed by atoms with E-state index in [1.807, 2.05) is 30.4 Å². The Labute approximate surface area is 145 Å². The molecule has 0 unspecified atom stereocenters. The maximum absolute atomic E-state index is 12.0. The van der Waals surface area contributed by atoms with E-state index in [1.165, 1.54) is 0 Å². The summed E-state index contributed by atoms with van der Waals surface area (Å²) in [4.78, 5) is 38.4. The van der Waals surface area contributed by atoms with Crippen molar-refractivity contribution in [3.63, 3.8) is 0 Å². The Morgan fingerprint density at radius 3 is 2.36 bits per heavy atom. The zero-order valence-corrected chi connectivity index (χ0v) is 14.8. The molecular formula is C17H23N5O3. The number of nitrogens with one attached hydrogen (secondary N) is 1. The number of piperazine rings is 1. The molecule has 1 aromatic heterocycles. The second-order valence-corrected chi connectivity index (χ2v) is 6.33. The van der Waals surface area contributed by atoms with Crippen molar-refractivity contribution in [1.82, 2.24) is 14.7 Å². The number of carbonyl (C=O) groups excluding carboxylic acids is 1.